The number of carboxylic acids is 1. The molecule has 1 aromatic heterocycles. The minimum Gasteiger partial charge on any atom is -0.481 e. The average molecular weight is 293 g/mol. The first-order valence-corrected chi connectivity index (χ1v) is 6.29. The number of aromatic carboxylic acids is 1. The summed E-state index contributed by atoms with van der Waals surface area (Å²) >= 11 is 6.13. The zero-order valence-corrected chi connectivity index (χ0v) is 11.8. The molecule has 1 N–H and O–H groups in total. The molecule has 2 rings (SSSR count). The van der Waals surface area contributed by atoms with Crippen LogP contribution in [0.15, 0.2) is 24.3 Å². The number of benzene rings is 1. The van der Waals surface area contributed by atoms with Gasteiger partial charge >= 0.3 is 5.97 Å². The van der Waals surface area contributed by atoms with Gasteiger partial charge < -0.3 is 9.84 Å². The van der Waals surface area contributed by atoms with Gasteiger partial charge in [0.15, 0.2) is 0 Å². The van der Waals surface area contributed by atoms with Gasteiger partial charge in [0.25, 0.3) is 0 Å². The van der Waals surface area contributed by atoms with E-state index < -0.39 is 5.97 Å². The fourth-order valence-electron chi connectivity index (χ4n) is 1.87. The Bertz CT molecular complexity index is 659. The van der Waals surface area contributed by atoms with Gasteiger partial charge in [0, 0.05) is 22.7 Å². The number of hydrogen-bond donors (Lipinski definition) is 1. The Hall–Kier alpha value is -2.14. The lowest BCUT2D eigenvalue weighted by Crippen LogP contribution is -2.10. The van der Waals surface area contributed by atoms with Crippen molar-refractivity contribution >= 4 is 17.6 Å². The lowest BCUT2D eigenvalue weighted by Gasteiger charge is -2.11. The van der Waals surface area contributed by atoms with E-state index in [-0.39, 0.29) is 11.7 Å². The summed E-state index contributed by atoms with van der Waals surface area (Å²) in [5.74, 6) is -1.20. The summed E-state index contributed by atoms with van der Waals surface area (Å²) < 4.78 is 5.17. The third-order valence-corrected chi connectivity index (χ3v) is 3.25. The van der Waals surface area contributed by atoms with E-state index in [4.69, 9.17) is 21.4 Å². The van der Waals surface area contributed by atoms with E-state index in [2.05, 4.69) is 9.97 Å². The van der Waals surface area contributed by atoms with Crippen LogP contribution in [0, 0.1) is 6.92 Å². The molecular weight excluding hydrogens is 280 g/mol. The van der Waals surface area contributed by atoms with Crippen LogP contribution < -0.4 is 4.74 Å². The quantitative estimate of drug-likeness (QED) is 0.938. The highest BCUT2D eigenvalue weighted by atomic mass is 35.5. The molecule has 0 aliphatic carbocycles. The highest BCUT2D eigenvalue weighted by Crippen LogP contribution is 2.25. The molecule has 0 unspecified atom stereocenters. The Morgan fingerprint density at radius 3 is 2.65 bits per heavy atom. The van der Waals surface area contributed by atoms with Gasteiger partial charge in [-0.2, -0.15) is 4.98 Å². The first-order valence-electron chi connectivity index (χ1n) is 5.91. The fraction of sp³-hybridized carbons (Fsp3) is 0.214. The van der Waals surface area contributed by atoms with E-state index in [1.165, 1.54) is 7.11 Å². The topological polar surface area (TPSA) is 72.3 Å². The van der Waals surface area contributed by atoms with Crippen molar-refractivity contribution < 1.29 is 14.6 Å². The number of aromatic nitrogens is 2. The second-order valence-electron chi connectivity index (χ2n) is 4.19. The van der Waals surface area contributed by atoms with E-state index in [0.29, 0.717) is 17.1 Å². The van der Waals surface area contributed by atoms with Crippen molar-refractivity contribution in [1.82, 2.24) is 9.97 Å². The second-order valence-corrected chi connectivity index (χ2v) is 4.60. The summed E-state index contributed by atoms with van der Waals surface area (Å²) in [6.07, 6.45) is 0.481. The van der Waals surface area contributed by atoms with Crippen molar-refractivity contribution in [3.05, 3.63) is 51.9 Å². The highest BCUT2D eigenvalue weighted by Gasteiger charge is 2.17. The smallest absolute Gasteiger partial charge is 0.374 e. The molecule has 0 fully saturated rings. The van der Waals surface area contributed by atoms with Crippen LogP contribution in [-0.2, 0) is 6.42 Å². The molecule has 0 saturated carbocycles. The van der Waals surface area contributed by atoms with Gasteiger partial charge in [0.05, 0.1) is 7.11 Å². The Morgan fingerprint density at radius 2 is 2.05 bits per heavy atom. The summed E-state index contributed by atoms with van der Waals surface area (Å²) in [5.41, 5.74) is 2.20. The van der Waals surface area contributed by atoms with Gasteiger partial charge in [-0.15, -0.1) is 0 Å². The molecule has 104 valence electrons. The van der Waals surface area contributed by atoms with Crippen molar-refractivity contribution in [3.63, 3.8) is 0 Å². The van der Waals surface area contributed by atoms with Crippen molar-refractivity contribution in [2.75, 3.05) is 7.11 Å². The standard InChI is InChI=1S/C14H13ClN2O3/c1-8-10(7-9-5-3-4-6-11(9)15)13(20-2)17-12(16-8)14(18)19/h3-6H,7H2,1-2H3,(H,18,19). The Kier molecular flexibility index (Phi) is 4.20. The van der Waals surface area contributed by atoms with Crippen LogP contribution in [0.25, 0.3) is 0 Å². The number of carbonyl (C=O) groups is 1. The minimum atomic E-state index is -1.18. The zero-order valence-electron chi connectivity index (χ0n) is 11.1. The van der Waals surface area contributed by atoms with E-state index in [0.717, 1.165) is 11.1 Å². The number of aryl methyl sites for hydroxylation is 1. The maximum atomic E-state index is 10.9. The summed E-state index contributed by atoms with van der Waals surface area (Å²) in [4.78, 5) is 18.8. The van der Waals surface area contributed by atoms with Gasteiger partial charge in [-0.25, -0.2) is 9.78 Å². The van der Waals surface area contributed by atoms with E-state index >= 15 is 0 Å². The minimum absolute atomic E-state index is 0.259. The molecule has 0 radical (unpaired) electrons. The number of halogens is 1. The van der Waals surface area contributed by atoms with Crippen LogP contribution in [0.1, 0.15) is 27.4 Å². The number of methoxy groups -OCH3 is 1. The van der Waals surface area contributed by atoms with Crippen LogP contribution in [0.5, 0.6) is 5.88 Å². The van der Waals surface area contributed by atoms with E-state index in [9.17, 15) is 4.79 Å². The molecule has 5 nitrogen and oxygen atoms in total. The van der Waals surface area contributed by atoms with Crippen LogP contribution in [0.2, 0.25) is 5.02 Å². The van der Waals surface area contributed by atoms with Gasteiger partial charge in [-0.05, 0) is 18.6 Å². The Balaban J connectivity index is 2.46. The first kappa shape index (κ1) is 14.3. The number of nitrogens with zero attached hydrogens (tertiary/aromatic N) is 2. The molecule has 2 aromatic rings. The fourth-order valence-corrected chi connectivity index (χ4v) is 2.07. The molecule has 6 heteroatoms. The molecule has 0 aliphatic heterocycles. The lowest BCUT2D eigenvalue weighted by atomic mass is 10.0. The molecule has 0 saturated heterocycles. The second kappa shape index (κ2) is 5.88. The Morgan fingerprint density at radius 1 is 1.35 bits per heavy atom. The summed E-state index contributed by atoms with van der Waals surface area (Å²) in [7, 11) is 1.45. The number of carboxylic acid groups (broad SMARTS) is 1. The molecule has 0 aliphatic rings. The highest BCUT2D eigenvalue weighted by molar-refractivity contribution is 6.31. The normalized spacial score (nSPS) is 10.3. The van der Waals surface area contributed by atoms with Gasteiger partial charge in [0.2, 0.25) is 11.7 Å². The molecule has 0 spiro atoms. The van der Waals surface area contributed by atoms with Crippen LogP contribution >= 0.6 is 11.6 Å². The van der Waals surface area contributed by atoms with Crippen LogP contribution in [-0.4, -0.2) is 28.2 Å². The molecular formula is C14H13ClN2O3. The van der Waals surface area contributed by atoms with Crippen molar-refractivity contribution in [2.45, 2.75) is 13.3 Å². The zero-order chi connectivity index (χ0) is 14.7. The molecule has 0 bridgehead atoms. The Labute approximate surface area is 121 Å². The van der Waals surface area contributed by atoms with Crippen LogP contribution in [0.4, 0.5) is 0 Å². The van der Waals surface area contributed by atoms with Crippen molar-refractivity contribution in [3.8, 4) is 5.88 Å². The van der Waals surface area contributed by atoms with E-state index in [1.54, 1.807) is 13.0 Å². The van der Waals surface area contributed by atoms with Gasteiger partial charge in [-0.1, -0.05) is 29.8 Å². The largest absolute Gasteiger partial charge is 0.481 e. The summed E-state index contributed by atoms with van der Waals surface area (Å²) in [5, 5.41) is 9.59. The molecule has 0 amide bonds. The predicted molar refractivity (Wildman–Crippen MR) is 74.5 cm³/mol. The maximum absolute atomic E-state index is 10.9. The van der Waals surface area contributed by atoms with E-state index in [1.807, 2.05) is 18.2 Å². The monoisotopic (exact) mass is 292 g/mol. The number of hydrogen-bond acceptors (Lipinski definition) is 4. The third-order valence-electron chi connectivity index (χ3n) is 2.89. The molecule has 1 aromatic carbocycles. The number of ether oxygens (including phenoxy) is 1. The lowest BCUT2D eigenvalue weighted by molar-refractivity contribution is 0.0682. The maximum Gasteiger partial charge on any atom is 0.374 e. The molecule has 20 heavy (non-hydrogen) atoms. The van der Waals surface area contributed by atoms with Crippen molar-refractivity contribution in [1.29, 1.82) is 0 Å². The van der Waals surface area contributed by atoms with Crippen LogP contribution in [0.3, 0.4) is 0 Å². The van der Waals surface area contributed by atoms with Crippen molar-refractivity contribution in [2.24, 2.45) is 0 Å². The average Bonchev–Trinajstić information content (AvgIpc) is 2.42. The van der Waals surface area contributed by atoms with Gasteiger partial charge in [0.1, 0.15) is 0 Å². The number of rotatable bonds is 4. The third kappa shape index (κ3) is 2.88. The van der Waals surface area contributed by atoms with Gasteiger partial charge in [-0.3, -0.25) is 0 Å². The summed E-state index contributed by atoms with van der Waals surface area (Å²) in [6, 6.07) is 7.42. The SMILES string of the molecule is COc1nc(C(=O)O)nc(C)c1Cc1ccccc1Cl. The molecule has 0 atom stereocenters. The predicted octanol–water partition coefficient (Wildman–Crippen LogP) is 2.74. The first-order chi connectivity index (χ1) is 9.52. The molecule has 1 heterocycles. The summed E-state index contributed by atoms with van der Waals surface area (Å²) in [6.45, 7) is 1.73.